The monoisotopic (exact) mass is 423 g/mol. The summed E-state index contributed by atoms with van der Waals surface area (Å²) in [5.41, 5.74) is 0.578. The number of halogens is 1. The van der Waals surface area contributed by atoms with E-state index in [1.54, 1.807) is 17.1 Å². The van der Waals surface area contributed by atoms with Crippen molar-refractivity contribution in [3.8, 4) is 11.8 Å². The zero-order valence-electron chi connectivity index (χ0n) is 17.2. The highest BCUT2D eigenvalue weighted by atomic mass is 32.2. The van der Waals surface area contributed by atoms with Crippen LogP contribution >= 0.6 is 0 Å². The lowest BCUT2D eigenvalue weighted by Crippen LogP contribution is -2.49. The number of sulfonamides is 1. The van der Waals surface area contributed by atoms with Crippen LogP contribution in [0, 0.1) is 23.2 Å². The van der Waals surface area contributed by atoms with Crippen molar-refractivity contribution >= 4 is 16.1 Å². The van der Waals surface area contributed by atoms with Gasteiger partial charge in [0.05, 0.1) is 18.2 Å². The fourth-order valence-electron chi connectivity index (χ4n) is 3.86. The van der Waals surface area contributed by atoms with E-state index in [1.807, 2.05) is 13.0 Å². The Kier molecular flexibility index (Phi) is 6.39. The van der Waals surface area contributed by atoms with Crippen molar-refractivity contribution in [2.45, 2.75) is 57.8 Å². The molecule has 3 aliphatic rings. The van der Waals surface area contributed by atoms with E-state index in [4.69, 9.17) is 0 Å². The molecule has 29 heavy (non-hydrogen) atoms. The maximum atomic E-state index is 15.2. The first-order chi connectivity index (χ1) is 13.6. The minimum atomic E-state index is -3.44. The molecule has 0 aromatic rings. The average molecular weight is 424 g/mol. The van der Waals surface area contributed by atoms with Gasteiger partial charge in [0, 0.05) is 24.5 Å². The van der Waals surface area contributed by atoms with E-state index < -0.39 is 34.2 Å². The molecule has 160 valence electrons. The second-order valence-electron chi connectivity index (χ2n) is 8.47. The molecule has 6 nitrogen and oxygen atoms in total. The van der Waals surface area contributed by atoms with E-state index in [-0.39, 0.29) is 17.9 Å². The van der Waals surface area contributed by atoms with E-state index in [9.17, 15) is 13.2 Å². The molecule has 0 aromatic heterocycles. The number of amides is 2. The summed E-state index contributed by atoms with van der Waals surface area (Å²) in [5.74, 6) is 5.77. The lowest BCUT2D eigenvalue weighted by Gasteiger charge is -2.31. The molecule has 2 amide bonds. The SMILES string of the molecule is CCNC(=O)N1CC[C@H](NS(C)(=O)=O)[C@@H]1CC1=CC=CC(C#CC2(C)CC2)C1F. The first-order valence-corrected chi connectivity index (χ1v) is 12.1. The molecule has 0 spiro atoms. The van der Waals surface area contributed by atoms with Crippen molar-refractivity contribution in [3.63, 3.8) is 0 Å². The third kappa shape index (κ3) is 5.61. The van der Waals surface area contributed by atoms with Gasteiger partial charge in [0.2, 0.25) is 10.0 Å². The minimum Gasteiger partial charge on any atom is -0.338 e. The third-order valence-corrected chi connectivity index (χ3v) is 6.51. The van der Waals surface area contributed by atoms with Crippen LogP contribution in [0.4, 0.5) is 9.18 Å². The first kappa shape index (κ1) is 21.8. The van der Waals surface area contributed by atoms with Gasteiger partial charge < -0.3 is 10.2 Å². The van der Waals surface area contributed by atoms with Crippen molar-refractivity contribution in [2.24, 2.45) is 11.3 Å². The molecule has 2 aliphatic carbocycles. The number of rotatable bonds is 5. The van der Waals surface area contributed by atoms with Crippen LogP contribution in [0.25, 0.3) is 0 Å². The Morgan fingerprint density at radius 3 is 2.76 bits per heavy atom. The van der Waals surface area contributed by atoms with E-state index in [0.717, 1.165) is 19.1 Å². The molecule has 1 heterocycles. The van der Waals surface area contributed by atoms with Crippen molar-refractivity contribution in [1.29, 1.82) is 0 Å². The number of allylic oxidation sites excluding steroid dienone is 3. The van der Waals surface area contributed by atoms with Crippen LogP contribution in [0.3, 0.4) is 0 Å². The van der Waals surface area contributed by atoms with Crippen LogP contribution in [0.2, 0.25) is 0 Å². The number of carbonyl (C=O) groups is 1. The summed E-state index contributed by atoms with van der Waals surface area (Å²) in [6.07, 6.45) is 8.03. The highest BCUT2D eigenvalue weighted by Crippen LogP contribution is 2.44. The maximum Gasteiger partial charge on any atom is 0.317 e. The van der Waals surface area contributed by atoms with Gasteiger partial charge >= 0.3 is 6.03 Å². The lowest BCUT2D eigenvalue weighted by atomic mass is 9.87. The lowest BCUT2D eigenvalue weighted by molar-refractivity contribution is 0.187. The quantitative estimate of drug-likeness (QED) is 0.667. The summed E-state index contributed by atoms with van der Waals surface area (Å²) < 4.78 is 41.4. The summed E-state index contributed by atoms with van der Waals surface area (Å²) in [6.45, 7) is 4.80. The zero-order valence-corrected chi connectivity index (χ0v) is 18.1. The Morgan fingerprint density at radius 1 is 1.41 bits per heavy atom. The molecule has 4 atom stereocenters. The number of likely N-dealkylation sites (tertiary alicyclic amines) is 1. The van der Waals surface area contributed by atoms with Gasteiger partial charge in [-0.2, -0.15) is 0 Å². The van der Waals surface area contributed by atoms with Crippen molar-refractivity contribution in [1.82, 2.24) is 14.9 Å². The van der Waals surface area contributed by atoms with E-state index in [0.29, 0.717) is 25.1 Å². The second-order valence-corrected chi connectivity index (χ2v) is 10.2. The van der Waals surface area contributed by atoms with Crippen LogP contribution in [0.5, 0.6) is 0 Å². The predicted molar refractivity (Wildman–Crippen MR) is 111 cm³/mol. The average Bonchev–Trinajstić information content (AvgIpc) is 3.25. The topological polar surface area (TPSA) is 78.5 Å². The van der Waals surface area contributed by atoms with Gasteiger partial charge in [-0.15, -0.1) is 0 Å². The van der Waals surface area contributed by atoms with Gasteiger partial charge in [-0.1, -0.05) is 30.1 Å². The fraction of sp³-hybridized carbons (Fsp3) is 0.667. The smallest absolute Gasteiger partial charge is 0.317 e. The van der Waals surface area contributed by atoms with Gasteiger partial charge in [0.1, 0.15) is 6.17 Å². The fourth-order valence-corrected chi connectivity index (χ4v) is 4.68. The third-order valence-electron chi connectivity index (χ3n) is 5.78. The Morgan fingerprint density at radius 2 is 2.14 bits per heavy atom. The van der Waals surface area contributed by atoms with Gasteiger partial charge in [0.15, 0.2) is 0 Å². The molecule has 3 rings (SSSR count). The van der Waals surface area contributed by atoms with Crippen LogP contribution in [0.15, 0.2) is 23.8 Å². The highest BCUT2D eigenvalue weighted by Gasteiger charge is 2.40. The second kappa shape index (κ2) is 8.49. The predicted octanol–water partition coefficient (Wildman–Crippen LogP) is 2.35. The number of carbonyl (C=O) groups excluding carboxylic acids is 1. The minimum absolute atomic E-state index is 0.0277. The largest absolute Gasteiger partial charge is 0.338 e. The van der Waals surface area contributed by atoms with Crippen molar-refractivity contribution in [3.05, 3.63) is 23.8 Å². The zero-order chi connectivity index (χ0) is 21.2. The highest BCUT2D eigenvalue weighted by molar-refractivity contribution is 7.88. The summed E-state index contributed by atoms with van der Waals surface area (Å²) in [5, 5.41) is 2.76. The van der Waals surface area contributed by atoms with E-state index >= 15 is 4.39 Å². The summed E-state index contributed by atoms with van der Waals surface area (Å²) in [6, 6.07) is -1.14. The molecule has 1 aliphatic heterocycles. The summed E-state index contributed by atoms with van der Waals surface area (Å²) in [7, 11) is -3.44. The van der Waals surface area contributed by atoms with E-state index in [2.05, 4.69) is 28.8 Å². The summed E-state index contributed by atoms with van der Waals surface area (Å²) >= 11 is 0. The Hall–Kier alpha value is -1.85. The molecule has 8 heteroatoms. The molecule has 2 unspecified atom stereocenters. The van der Waals surface area contributed by atoms with Gasteiger partial charge in [-0.3, -0.25) is 0 Å². The Bertz CT molecular complexity index is 867. The molecule has 0 bridgehead atoms. The van der Waals surface area contributed by atoms with Crippen molar-refractivity contribution < 1.29 is 17.6 Å². The number of hydrogen-bond acceptors (Lipinski definition) is 3. The van der Waals surface area contributed by atoms with Crippen molar-refractivity contribution in [2.75, 3.05) is 19.3 Å². The van der Waals surface area contributed by atoms with Gasteiger partial charge in [0.25, 0.3) is 0 Å². The van der Waals surface area contributed by atoms with Gasteiger partial charge in [-0.05, 0) is 45.1 Å². The molecule has 2 N–H and O–H groups in total. The van der Waals surface area contributed by atoms with Crippen LogP contribution in [0.1, 0.15) is 39.5 Å². The molecule has 0 aromatic carbocycles. The molecule has 1 saturated heterocycles. The van der Waals surface area contributed by atoms with E-state index in [1.165, 1.54) is 0 Å². The number of nitrogens with one attached hydrogen (secondary N) is 2. The molecular formula is C21H30FN3O3S. The molecule has 1 saturated carbocycles. The Balaban J connectivity index is 1.77. The molecule has 0 radical (unpaired) electrons. The number of nitrogens with zero attached hydrogens (tertiary/aromatic N) is 1. The first-order valence-electron chi connectivity index (χ1n) is 10.2. The van der Waals surface area contributed by atoms with Crippen LogP contribution in [-0.2, 0) is 10.0 Å². The van der Waals surface area contributed by atoms with Crippen LogP contribution in [-0.4, -0.2) is 56.9 Å². The van der Waals surface area contributed by atoms with Gasteiger partial charge in [-0.25, -0.2) is 22.3 Å². The number of alkyl halides is 1. The molecule has 2 fully saturated rings. The summed E-state index contributed by atoms with van der Waals surface area (Å²) in [4.78, 5) is 14.1. The molecular weight excluding hydrogens is 393 g/mol. The number of urea groups is 1. The standard InChI is InChI=1S/C21H30FN3O3S/c1-4-23-20(26)25-13-9-17(24-29(3,27)28)18(25)14-16-7-5-6-15(19(16)22)8-10-21(2)11-12-21/h5-7,15,17-19,24H,4,9,11-14H2,1-3H3,(H,23,26)/t15?,17-,18-,19?/m0/s1. The Labute approximate surface area is 173 Å². The number of hydrogen-bond donors (Lipinski definition) is 2. The normalized spacial score (nSPS) is 30.3. The van der Waals surface area contributed by atoms with Crippen LogP contribution < -0.4 is 10.0 Å². The maximum absolute atomic E-state index is 15.2.